The van der Waals surface area contributed by atoms with Crippen LogP contribution < -0.4 is 20.8 Å². The Morgan fingerprint density at radius 1 is 1.27 bits per heavy atom. The van der Waals surface area contributed by atoms with Crippen LogP contribution in [0.3, 0.4) is 0 Å². The molecular weight excluding hydrogens is 478 g/mol. The third kappa shape index (κ3) is 3.75. The summed E-state index contributed by atoms with van der Waals surface area (Å²) >= 11 is 0. The molecule has 186 valence electrons. The molecule has 37 heavy (non-hydrogen) atoms. The first kappa shape index (κ1) is 23.6. The highest BCUT2D eigenvalue weighted by molar-refractivity contribution is 5.86. The van der Waals surface area contributed by atoms with E-state index in [4.69, 9.17) is 19.6 Å². The van der Waals surface area contributed by atoms with Crippen molar-refractivity contribution in [3.8, 4) is 17.6 Å². The van der Waals surface area contributed by atoms with Crippen LogP contribution in [-0.4, -0.2) is 21.8 Å². The highest BCUT2D eigenvalue weighted by atomic mass is 16.6. The molecule has 11 nitrogen and oxygen atoms in total. The number of fused-ring (bicyclic) bond motifs is 3. The summed E-state index contributed by atoms with van der Waals surface area (Å²) in [7, 11) is 1.51. The molecule has 2 N–H and O–H groups in total. The summed E-state index contributed by atoms with van der Waals surface area (Å²) in [5.74, 6) is -0.233. The molecule has 0 fully saturated rings. The summed E-state index contributed by atoms with van der Waals surface area (Å²) in [6, 6.07) is 14.2. The Morgan fingerprint density at radius 2 is 2.03 bits per heavy atom. The molecule has 0 bridgehead atoms. The molecule has 3 heterocycles. The standard InChI is InChI=1S/C26H21N5O6/c1-13-23(31(33)34)14(2)30(29-13)12-16-10-15(8-9-19(16)35-3)21-18(11-27)25(28)37-24-17-6-4-5-7-20(17)36-26(32)22(21)24/h4-10,21H,12,28H2,1-3H3/t21-/m0/s1. The molecule has 4 aromatic rings. The lowest BCUT2D eigenvalue weighted by Gasteiger charge is -2.26. The molecule has 0 spiro atoms. The minimum Gasteiger partial charge on any atom is -0.496 e. The molecule has 5 rings (SSSR count). The fourth-order valence-electron chi connectivity index (χ4n) is 4.77. The van der Waals surface area contributed by atoms with E-state index in [1.165, 1.54) is 11.8 Å². The van der Waals surface area contributed by atoms with Crippen molar-refractivity contribution in [2.75, 3.05) is 7.11 Å². The highest BCUT2D eigenvalue weighted by Crippen LogP contribution is 2.44. The van der Waals surface area contributed by atoms with Crippen LogP contribution in [0, 0.1) is 35.3 Å². The van der Waals surface area contributed by atoms with Gasteiger partial charge in [-0.15, -0.1) is 0 Å². The van der Waals surface area contributed by atoms with Crippen LogP contribution in [0.1, 0.15) is 34.0 Å². The molecule has 1 aliphatic rings. The minimum absolute atomic E-state index is 0.0551. The van der Waals surface area contributed by atoms with Crippen LogP contribution >= 0.6 is 0 Å². The number of nitrogens with zero attached hydrogens (tertiary/aromatic N) is 4. The number of nitriles is 1. The largest absolute Gasteiger partial charge is 0.496 e. The maximum atomic E-state index is 13.2. The van der Waals surface area contributed by atoms with Crippen LogP contribution in [-0.2, 0) is 6.54 Å². The molecule has 0 radical (unpaired) electrons. The van der Waals surface area contributed by atoms with Gasteiger partial charge in [0.1, 0.15) is 34.4 Å². The Labute approximate surface area is 210 Å². The van der Waals surface area contributed by atoms with Crippen molar-refractivity contribution in [3.63, 3.8) is 0 Å². The van der Waals surface area contributed by atoms with Gasteiger partial charge in [0.15, 0.2) is 5.75 Å². The van der Waals surface area contributed by atoms with E-state index in [9.17, 15) is 20.2 Å². The fraction of sp³-hybridized carbons (Fsp3) is 0.192. The van der Waals surface area contributed by atoms with Crippen LogP contribution in [0.15, 0.2) is 63.1 Å². The average Bonchev–Trinajstić information content (AvgIpc) is 3.15. The van der Waals surface area contributed by atoms with Gasteiger partial charge in [-0.1, -0.05) is 18.2 Å². The Bertz CT molecular complexity index is 1730. The van der Waals surface area contributed by atoms with Gasteiger partial charge in [-0.25, -0.2) is 4.79 Å². The molecule has 1 atom stereocenters. The van der Waals surface area contributed by atoms with Gasteiger partial charge in [0.2, 0.25) is 5.88 Å². The maximum Gasteiger partial charge on any atom is 0.344 e. The smallest absolute Gasteiger partial charge is 0.344 e. The van der Waals surface area contributed by atoms with Gasteiger partial charge in [-0.3, -0.25) is 14.8 Å². The highest BCUT2D eigenvalue weighted by Gasteiger charge is 2.36. The summed E-state index contributed by atoms with van der Waals surface area (Å²) in [5, 5.41) is 26.3. The number of aromatic nitrogens is 2. The molecular formula is C26H21N5O6. The van der Waals surface area contributed by atoms with E-state index < -0.39 is 16.5 Å². The number of nitrogens with two attached hydrogens (primary N) is 1. The second-order valence-electron chi connectivity index (χ2n) is 8.56. The zero-order valence-corrected chi connectivity index (χ0v) is 20.1. The number of aryl methyl sites for hydroxylation is 1. The topological polar surface area (TPSA) is 159 Å². The molecule has 0 aliphatic carbocycles. The minimum atomic E-state index is -0.867. The lowest BCUT2D eigenvalue weighted by Crippen LogP contribution is -2.26. The van der Waals surface area contributed by atoms with Gasteiger partial charge in [0, 0.05) is 5.56 Å². The third-order valence-electron chi connectivity index (χ3n) is 6.46. The Balaban J connectivity index is 1.70. The number of allylic oxidation sites excluding steroid dienone is 1. The molecule has 0 saturated carbocycles. The second kappa shape index (κ2) is 8.83. The van der Waals surface area contributed by atoms with Crippen LogP contribution in [0.4, 0.5) is 5.69 Å². The molecule has 11 heteroatoms. The number of benzene rings is 2. The molecule has 0 saturated heterocycles. The summed E-state index contributed by atoms with van der Waals surface area (Å²) in [4.78, 5) is 24.2. The van der Waals surface area contributed by atoms with Gasteiger partial charge in [0.05, 0.1) is 35.4 Å². The first-order valence-corrected chi connectivity index (χ1v) is 11.2. The monoisotopic (exact) mass is 499 g/mol. The predicted octanol–water partition coefficient (Wildman–Crippen LogP) is 3.79. The van der Waals surface area contributed by atoms with Crippen molar-refractivity contribution in [2.24, 2.45) is 5.73 Å². The van der Waals surface area contributed by atoms with Crippen LogP contribution in [0.2, 0.25) is 0 Å². The fourth-order valence-corrected chi connectivity index (χ4v) is 4.77. The van der Waals surface area contributed by atoms with E-state index in [1.54, 1.807) is 56.3 Å². The average molecular weight is 499 g/mol. The lowest BCUT2D eigenvalue weighted by molar-refractivity contribution is -0.386. The first-order chi connectivity index (χ1) is 17.7. The maximum absolute atomic E-state index is 13.2. The van der Waals surface area contributed by atoms with Gasteiger partial charge in [0.25, 0.3) is 0 Å². The van der Waals surface area contributed by atoms with Crippen molar-refractivity contribution in [3.05, 3.63) is 103 Å². The Morgan fingerprint density at radius 3 is 2.70 bits per heavy atom. The van der Waals surface area contributed by atoms with E-state index >= 15 is 0 Å². The lowest BCUT2D eigenvalue weighted by atomic mass is 9.83. The SMILES string of the molecule is COc1ccc([C@H]2C(C#N)=C(N)Oc3c2c(=O)oc2ccccc32)cc1Cn1nc(C)c([N+](=O)[O-])c1C. The number of hydrogen-bond acceptors (Lipinski definition) is 9. The van der Waals surface area contributed by atoms with E-state index in [0.717, 1.165) is 0 Å². The summed E-state index contributed by atoms with van der Waals surface area (Å²) in [5.41, 5.74) is 7.89. The molecule has 1 aliphatic heterocycles. The Kier molecular flexibility index (Phi) is 5.64. The van der Waals surface area contributed by atoms with Crippen LogP contribution in [0.5, 0.6) is 11.5 Å². The van der Waals surface area contributed by atoms with Crippen molar-refractivity contribution in [1.29, 1.82) is 5.26 Å². The quantitative estimate of drug-likeness (QED) is 0.245. The second-order valence-corrected chi connectivity index (χ2v) is 8.56. The third-order valence-corrected chi connectivity index (χ3v) is 6.46. The van der Waals surface area contributed by atoms with Crippen LogP contribution in [0.25, 0.3) is 11.0 Å². The van der Waals surface area contributed by atoms with Gasteiger partial charge >= 0.3 is 11.3 Å². The number of para-hydroxylation sites is 1. The normalized spacial score (nSPS) is 14.7. The van der Waals surface area contributed by atoms with E-state index in [0.29, 0.717) is 39.2 Å². The zero-order chi connectivity index (χ0) is 26.4. The number of ether oxygens (including phenoxy) is 2. The predicted molar refractivity (Wildman–Crippen MR) is 132 cm³/mol. The van der Waals surface area contributed by atoms with Crippen molar-refractivity contribution in [1.82, 2.24) is 9.78 Å². The Hall–Kier alpha value is -5.11. The van der Waals surface area contributed by atoms with Crippen molar-refractivity contribution >= 4 is 16.7 Å². The number of methoxy groups -OCH3 is 1. The molecule has 0 amide bonds. The first-order valence-electron chi connectivity index (χ1n) is 11.2. The summed E-state index contributed by atoms with van der Waals surface area (Å²) < 4.78 is 18.4. The molecule has 2 aromatic heterocycles. The van der Waals surface area contributed by atoms with Crippen molar-refractivity contribution in [2.45, 2.75) is 26.3 Å². The number of nitro groups is 1. The summed E-state index contributed by atoms with van der Waals surface area (Å²) in [6.45, 7) is 3.35. The van der Waals surface area contributed by atoms with Crippen molar-refractivity contribution < 1.29 is 18.8 Å². The number of rotatable bonds is 5. The van der Waals surface area contributed by atoms with E-state index in [2.05, 4.69) is 11.2 Å². The van der Waals surface area contributed by atoms with Gasteiger partial charge in [-0.2, -0.15) is 10.4 Å². The van der Waals surface area contributed by atoms with Gasteiger partial charge in [-0.05, 0) is 43.7 Å². The van der Waals surface area contributed by atoms with Gasteiger partial charge < -0.3 is 19.6 Å². The zero-order valence-electron chi connectivity index (χ0n) is 20.1. The van der Waals surface area contributed by atoms with E-state index in [1.807, 2.05) is 0 Å². The van der Waals surface area contributed by atoms with E-state index in [-0.39, 0.29) is 35.0 Å². The summed E-state index contributed by atoms with van der Waals surface area (Å²) in [6.07, 6.45) is 0. The number of hydrogen-bond donors (Lipinski definition) is 1. The molecule has 2 aromatic carbocycles. The molecule has 0 unspecified atom stereocenters.